The first-order valence-electron chi connectivity index (χ1n) is 48.7. The molecule has 8 aliphatic rings. The lowest BCUT2D eigenvalue weighted by molar-refractivity contribution is 1.16. The van der Waals surface area contributed by atoms with Gasteiger partial charge in [-0.15, -0.1) is 0 Å². The van der Waals surface area contributed by atoms with Gasteiger partial charge in [0.2, 0.25) is 0 Å². The number of imidazole rings is 4. The number of aromatic nitrogens is 12. The van der Waals surface area contributed by atoms with Crippen molar-refractivity contribution < 1.29 is 0 Å². The monoisotopic (exact) mass is 1780 g/mol. The van der Waals surface area contributed by atoms with E-state index < -0.39 is 0 Å². The number of rotatable bonds is 0. The second-order valence-corrected chi connectivity index (χ2v) is 39.3. The zero-order valence-electron chi connectivity index (χ0n) is 75.7. The molecule has 28 aromatic rings. The van der Waals surface area contributed by atoms with Crippen LogP contribution < -0.4 is 0 Å². The summed E-state index contributed by atoms with van der Waals surface area (Å²) in [5.74, 6) is 0. The Bertz CT molecular complexity index is 10300. The smallest absolute Gasteiger partial charge is 0.147 e. The van der Waals surface area contributed by atoms with Crippen molar-refractivity contribution in [3.05, 3.63) is 454 Å². The number of pyridine rings is 8. The molecule has 0 unspecified atom stereocenters. The van der Waals surface area contributed by atoms with Gasteiger partial charge in [0.05, 0.1) is 91.0 Å². The third-order valence-corrected chi connectivity index (χ3v) is 32.4. The lowest BCUT2D eigenvalue weighted by atomic mass is 9.93. The maximum absolute atomic E-state index is 5.19. The van der Waals surface area contributed by atoms with E-state index in [2.05, 4.69) is 353 Å². The highest BCUT2D eigenvalue weighted by molar-refractivity contribution is 6.25. The Labute approximate surface area is 799 Å². The molecular formula is C128H76N12. The van der Waals surface area contributed by atoms with Crippen LogP contribution in [0.25, 0.3) is 242 Å². The minimum absolute atomic E-state index is 0.969. The average molecular weight is 1780 g/mol. The maximum atomic E-state index is 5.19. The molecule has 12 aromatic heterocycles. The van der Waals surface area contributed by atoms with Gasteiger partial charge in [-0.1, -0.05) is 224 Å². The fraction of sp³-hybridized carbons (Fsp3) is 0.0625. The molecule has 12 nitrogen and oxygen atoms in total. The molecule has 0 fully saturated rings. The van der Waals surface area contributed by atoms with Crippen LogP contribution in [0.3, 0.4) is 0 Å². The lowest BCUT2D eigenvalue weighted by Gasteiger charge is -2.13. The van der Waals surface area contributed by atoms with Gasteiger partial charge < -0.3 is 0 Å². The molecule has 12 heteroatoms. The fourth-order valence-corrected chi connectivity index (χ4v) is 26.6. The van der Waals surface area contributed by atoms with Crippen LogP contribution in [-0.4, -0.2) is 57.5 Å². The Morgan fingerprint density at radius 3 is 0.900 bits per heavy atom. The van der Waals surface area contributed by atoms with Crippen molar-refractivity contribution >= 4 is 153 Å². The van der Waals surface area contributed by atoms with Crippen molar-refractivity contribution in [2.45, 2.75) is 51.4 Å². The van der Waals surface area contributed by atoms with E-state index in [1.165, 1.54) is 243 Å². The minimum Gasteiger partial charge on any atom is -0.290 e. The number of hydrogen-bond donors (Lipinski definition) is 0. The average Bonchev–Trinajstić information content (AvgIpc) is 1.55. The molecule has 12 heterocycles. The van der Waals surface area contributed by atoms with Crippen LogP contribution in [0, 0.1) is 0 Å². The zero-order chi connectivity index (χ0) is 90.7. The fourth-order valence-electron chi connectivity index (χ4n) is 26.6. The molecule has 140 heavy (non-hydrogen) atoms. The molecule has 0 saturated heterocycles. The van der Waals surface area contributed by atoms with Crippen molar-refractivity contribution in [3.8, 4) is 89.0 Å². The molecule has 0 bridgehead atoms. The molecule has 36 rings (SSSR count). The maximum Gasteiger partial charge on any atom is 0.147 e. The van der Waals surface area contributed by atoms with E-state index in [4.69, 9.17) is 19.9 Å². The first kappa shape index (κ1) is 75.3. The normalized spacial score (nSPS) is 13.5. The summed E-state index contributed by atoms with van der Waals surface area (Å²) in [6.45, 7) is 0. The molecule has 648 valence electrons. The van der Waals surface area contributed by atoms with Crippen LogP contribution in [0.5, 0.6) is 0 Å². The van der Waals surface area contributed by atoms with Gasteiger partial charge in [-0.2, -0.15) is 0 Å². The largest absolute Gasteiger partial charge is 0.290 e. The summed E-state index contributed by atoms with van der Waals surface area (Å²) < 4.78 is 9.23. The van der Waals surface area contributed by atoms with Gasteiger partial charge >= 0.3 is 0 Å². The van der Waals surface area contributed by atoms with E-state index in [-0.39, 0.29) is 0 Å². The second-order valence-electron chi connectivity index (χ2n) is 39.3. The SMILES string of the molecule is c1ccc2c(c1)Cc1c-2ccc2c1Cc1ccc3c4ccncc4n4c5ccccc5nc4c3c1-2.c1ccc2c(c1)Cc1cc3c(cc1-2)-c1c(ccc2c4ccncc4n4c5ccccc5nc4c12)C3.c1ccc2c(c1)Cc1cc3c(cc1-2)Cc1ccc2c4ccncc4n4c5ccccc5nc4c2c1-3.c1ccc2c(c1)Cc1ccc3c(c1-2)Cc1ccc2c4ccncc4n4c5ccccc5nc4c2c1-3. The number of nitrogens with zero attached hydrogens (tertiary/aromatic N) is 12. The quantitative estimate of drug-likeness (QED) is 0.138. The highest BCUT2D eigenvalue weighted by atomic mass is 15.1. The predicted molar refractivity (Wildman–Crippen MR) is 568 cm³/mol. The minimum atomic E-state index is 0.969. The molecule has 0 atom stereocenters. The highest BCUT2D eigenvalue weighted by Crippen LogP contribution is 2.57. The molecule has 0 radical (unpaired) electrons. The third-order valence-electron chi connectivity index (χ3n) is 32.4. The van der Waals surface area contributed by atoms with E-state index >= 15 is 0 Å². The Morgan fingerprint density at radius 2 is 0.443 bits per heavy atom. The van der Waals surface area contributed by atoms with Gasteiger partial charge in [-0.05, 0) is 342 Å². The predicted octanol–water partition coefficient (Wildman–Crippen LogP) is 29.3. The summed E-state index contributed by atoms with van der Waals surface area (Å²) in [6.07, 6.45) is 23.5. The van der Waals surface area contributed by atoms with Gasteiger partial charge in [0.15, 0.2) is 0 Å². The zero-order valence-corrected chi connectivity index (χ0v) is 75.7. The second kappa shape index (κ2) is 27.9. The summed E-state index contributed by atoms with van der Waals surface area (Å²) in [5.41, 5.74) is 62.2. The van der Waals surface area contributed by atoms with Gasteiger partial charge in [-0.3, -0.25) is 37.5 Å². The van der Waals surface area contributed by atoms with E-state index in [0.29, 0.717) is 0 Å². The van der Waals surface area contributed by atoms with Crippen molar-refractivity contribution in [1.82, 2.24) is 57.5 Å². The molecule has 0 aliphatic heterocycles. The Morgan fingerprint density at radius 1 is 0.164 bits per heavy atom. The molecule has 0 saturated carbocycles. The summed E-state index contributed by atoms with van der Waals surface area (Å²) in [6, 6.07) is 116. The highest BCUT2D eigenvalue weighted by Gasteiger charge is 2.37. The number of para-hydroxylation sites is 8. The molecule has 0 amide bonds. The molecular weight excluding hydrogens is 1710 g/mol. The van der Waals surface area contributed by atoms with Crippen LogP contribution in [-0.2, 0) is 51.4 Å². The number of hydrogen-bond acceptors (Lipinski definition) is 8. The van der Waals surface area contributed by atoms with Gasteiger partial charge in [0, 0.05) is 67.9 Å². The van der Waals surface area contributed by atoms with Crippen molar-refractivity contribution in [2.75, 3.05) is 0 Å². The molecule has 0 N–H and O–H groups in total. The number of benzene rings is 16. The van der Waals surface area contributed by atoms with E-state index in [0.717, 1.165) is 140 Å². The van der Waals surface area contributed by atoms with E-state index in [1.807, 2.05) is 49.6 Å². The van der Waals surface area contributed by atoms with Crippen molar-refractivity contribution in [1.29, 1.82) is 0 Å². The van der Waals surface area contributed by atoms with Gasteiger partial charge in [-0.25, -0.2) is 19.9 Å². The van der Waals surface area contributed by atoms with Crippen LogP contribution in [0.4, 0.5) is 0 Å². The van der Waals surface area contributed by atoms with E-state index in [9.17, 15) is 0 Å². The Balaban J connectivity index is 0.0000000829. The van der Waals surface area contributed by atoms with Crippen molar-refractivity contribution in [3.63, 3.8) is 0 Å². The van der Waals surface area contributed by atoms with Crippen LogP contribution in [0.1, 0.15) is 89.0 Å². The number of fused-ring (bicyclic) bond motifs is 62. The molecule has 0 spiro atoms. The topological polar surface area (TPSA) is 121 Å². The van der Waals surface area contributed by atoms with Crippen LogP contribution in [0.2, 0.25) is 0 Å². The summed E-state index contributed by atoms with van der Waals surface area (Å²) >= 11 is 0. The summed E-state index contributed by atoms with van der Waals surface area (Å²) in [5, 5.41) is 14.9. The van der Waals surface area contributed by atoms with Crippen LogP contribution >= 0.6 is 0 Å². The summed E-state index contributed by atoms with van der Waals surface area (Å²) in [4.78, 5) is 38.6. The third kappa shape index (κ3) is 10.2. The Kier molecular flexibility index (Phi) is 15.0. The standard InChI is InChI=1S/4C32H19N3/c1-2-6-21-18(5-1)15-19-9-12-24-25(29(19)21)16-20-10-11-23-22-13-14-33-17-28(22)35-27-8-4-3-7-26(27)34-32(35)31(23)30(20)24;1-2-6-22-18(5-1)13-20-16-26-21(15-25(20)22)14-19-9-10-24-23-11-12-33-17-29(23)35-28-8-4-3-7-27(28)34-32(35)31(24)30(19)26;1-2-6-22-18(5-1)13-20-15-21-14-19-9-10-24-23-11-12-33-17-29(23)35-28-8-4-3-7-27(28)34-32(35)31(24)30(19)26(21)16-25(20)22;1-2-6-20-18(5-1)15-25-21(20)11-12-24-26(25)16-19-9-10-23-22-13-14-33-17-29(22)35-28-8-4-3-7-27(28)34-32(35)31(23)30(19)24/h1-14,17H,15-16H2;2*1-12,15-17H,13-14H2;1-14,17H,15-16H2. The van der Waals surface area contributed by atoms with Gasteiger partial charge in [0.25, 0.3) is 0 Å². The first-order valence-corrected chi connectivity index (χ1v) is 48.7. The van der Waals surface area contributed by atoms with Crippen molar-refractivity contribution in [2.24, 2.45) is 0 Å². The van der Waals surface area contributed by atoms with Gasteiger partial charge in [0.1, 0.15) is 22.6 Å². The summed E-state index contributed by atoms with van der Waals surface area (Å²) in [7, 11) is 0. The van der Waals surface area contributed by atoms with E-state index in [1.54, 1.807) is 0 Å². The molecule has 8 aliphatic carbocycles. The Hall–Kier alpha value is -18.0. The first-order chi connectivity index (χ1) is 69.4. The van der Waals surface area contributed by atoms with Crippen LogP contribution in [0.15, 0.2) is 365 Å². The molecule has 16 aromatic carbocycles. The lowest BCUT2D eigenvalue weighted by Crippen LogP contribution is -1.94.